The number of hydrogen-bond acceptors (Lipinski definition) is 4. The highest BCUT2D eigenvalue weighted by molar-refractivity contribution is 6.07. The van der Waals surface area contributed by atoms with Gasteiger partial charge in [0.2, 0.25) is 0 Å². The highest BCUT2D eigenvalue weighted by Gasteiger charge is 2.21. The second kappa shape index (κ2) is 6.23. The van der Waals surface area contributed by atoms with Gasteiger partial charge in [0.1, 0.15) is 5.75 Å². The topological polar surface area (TPSA) is 75.6 Å². The summed E-state index contributed by atoms with van der Waals surface area (Å²) in [7, 11) is 1.54. The minimum Gasteiger partial charge on any atom is -0.503 e. The first-order valence-electron chi connectivity index (χ1n) is 6.14. The van der Waals surface area contributed by atoms with Crippen molar-refractivity contribution in [3.8, 4) is 5.75 Å². The van der Waals surface area contributed by atoms with E-state index >= 15 is 0 Å². The quantitative estimate of drug-likeness (QED) is 0.655. The third kappa shape index (κ3) is 4.42. The smallest absolute Gasteiger partial charge is 0.290 e. The number of benzene rings is 1. The summed E-state index contributed by atoms with van der Waals surface area (Å²) in [5.74, 6) is -1.00. The molecule has 0 fully saturated rings. The molecule has 0 aliphatic rings. The molecule has 1 rings (SSSR count). The van der Waals surface area contributed by atoms with E-state index < -0.39 is 17.1 Å². The fourth-order valence-electron chi connectivity index (χ4n) is 1.28. The van der Waals surface area contributed by atoms with Crippen LogP contribution < -0.4 is 10.1 Å². The van der Waals surface area contributed by atoms with Gasteiger partial charge in [0, 0.05) is 17.2 Å². The number of ether oxygens (including phenoxy) is 1. The van der Waals surface area contributed by atoms with Crippen molar-refractivity contribution in [1.29, 1.82) is 0 Å². The highest BCUT2D eigenvalue weighted by Crippen LogP contribution is 2.17. The van der Waals surface area contributed by atoms with Gasteiger partial charge in [-0.05, 0) is 24.3 Å². The van der Waals surface area contributed by atoms with Crippen LogP contribution >= 0.6 is 0 Å². The van der Waals surface area contributed by atoms with Gasteiger partial charge in [-0.15, -0.1) is 0 Å². The van der Waals surface area contributed by atoms with E-state index in [1.54, 1.807) is 52.1 Å². The Labute approximate surface area is 118 Å². The summed E-state index contributed by atoms with van der Waals surface area (Å²) < 4.78 is 4.99. The van der Waals surface area contributed by atoms with Crippen LogP contribution in [0.5, 0.6) is 5.75 Å². The Kier molecular flexibility index (Phi) is 4.91. The van der Waals surface area contributed by atoms with Gasteiger partial charge in [-0.3, -0.25) is 9.59 Å². The van der Waals surface area contributed by atoms with Crippen LogP contribution in [0.15, 0.2) is 36.1 Å². The van der Waals surface area contributed by atoms with Crippen LogP contribution in [0.4, 0.5) is 5.69 Å². The molecule has 0 heterocycles. The van der Waals surface area contributed by atoms with Gasteiger partial charge in [0.05, 0.1) is 7.11 Å². The number of hydrogen-bond donors (Lipinski definition) is 2. The zero-order valence-corrected chi connectivity index (χ0v) is 12.1. The van der Waals surface area contributed by atoms with Crippen LogP contribution in [0.1, 0.15) is 20.8 Å². The number of carbonyl (C=O) groups is 2. The third-order valence-electron chi connectivity index (χ3n) is 2.59. The number of anilines is 1. The number of methoxy groups -OCH3 is 1. The van der Waals surface area contributed by atoms with Crippen molar-refractivity contribution in [2.75, 3.05) is 12.4 Å². The molecule has 0 unspecified atom stereocenters. The van der Waals surface area contributed by atoms with Crippen molar-refractivity contribution in [3.63, 3.8) is 0 Å². The Morgan fingerprint density at radius 3 is 2.20 bits per heavy atom. The molecule has 0 aliphatic carbocycles. The first kappa shape index (κ1) is 15.8. The fraction of sp³-hybridized carbons (Fsp3) is 0.333. The van der Waals surface area contributed by atoms with Crippen LogP contribution in [0, 0.1) is 5.41 Å². The number of nitrogens with one attached hydrogen (secondary N) is 1. The lowest BCUT2D eigenvalue weighted by atomic mass is 9.90. The summed E-state index contributed by atoms with van der Waals surface area (Å²) in [6.45, 7) is 5.13. The largest absolute Gasteiger partial charge is 0.503 e. The molecular weight excluding hydrogens is 258 g/mol. The number of ketones is 1. The van der Waals surface area contributed by atoms with Gasteiger partial charge in [0.25, 0.3) is 5.91 Å². The number of aliphatic hydroxyl groups is 1. The Bertz CT molecular complexity index is 524. The minimum atomic E-state index is -0.729. The van der Waals surface area contributed by atoms with Crippen LogP contribution in [-0.4, -0.2) is 23.9 Å². The molecular formula is C15H19NO4. The molecule has 108 valence electrons. The minimum absolute atomic E-state index is 0.320. The molecule has 5 nitrogen and oxygen atoms in total. The molecule has 0 atom stereocenters. The zero-order valence-electron chi connectivity index (χ0n) is 12.1. The lowest BCUT2D eigenvalue weighted by Gasteiger charge is -2.13. The SMILES string of the molecule is COc1ccc(NC(=O)C(O)=CC(=O)C(C)(C)C)cc1. The van der Waals surface area contributed by atoms with Gasteiger partial charge in [-0.1, -0.05) is 20.8 Å². The van der Waals surface area contributed by atoms with E-state index in [4.69, 9.17) is 4.74 Å². The number of amides is 1. The second-order valence-corrected chi connectivity index (χ2v) is 5.33. The first-order valence-corrected chi connectivity index (χ1v) is 6.14. The number of rotatable bonds is 4. The monoisotopic (exact) mass is 277 g/mol. The number of aliphatic hydroxyl groups excluding tert-OH is 1. The van der Waals surface area contributed by atoms with Crippen molar-refractivity contribution < 1.29 is 19.4 Å². The molecule has 1 aromatic rings. The maximum absolute atomic E-state index is 11.7. The molecule has 0 aliphatic heterocycles. The molecule has 20 heavy (non-hydrogen) atoms. The van der Waals surface area contributed by atoms with E-state index in [2.05, 4.69) is 5.32 Å². The summed E-state index contributed by atoms with van der Waals surface area (Å²) in [6, 6.07) is 6.62. The molecule has 5 heteroatoms. The van der Waals surface area contributed by atoms with Crippen molar-refractivity contribution >= 4 is 17.4 Å². The van der Waals surface area contributed by atoms with Crippen LogP contribution in [0.2, 0.25) is 0 Å². The molecule has 0 spiro atoms. The van der Waals surface area contributed by atoms with Gasteiger partial charge >= 0.3 is 0 Å². The van der Waals surface area contributed by atoms with Gasteiger partial charge in [-0.2, -0.15) is 0 Å². The maximum atomic E-state index is 11.7. The van der Waals surface area contributed by atoms with E-state index in [1.165, 1.54) is 0 Å². The summed E-state index contributed by atoms with van der Waals surface area (Å²) in [4.78, 5) is 23.4. The molecule has 0 saturated heterocycles. The number of allylic oxidation sites excluding steroid dienone is 1. The Balaban J connectivity index is 2.75. The van der Waals surface area contributed by atoms with E-state index in [0.29, 0.717) is 11.4 Å². The fourth-order valence-corrected chi connectivity index (χ4v) is 1.28. The molecule has 1 amide bonds. The van der Waals surface area contributed by atoms with E-state index in [9.17, 15) is 14.7 Å². The summed E-state index contributed by atoms with van der Waals surface area (Å²) >= 11 is 0. The van der Waals surface area contributed by atoms with Crippen molar-refractivity contribution in [3.05, 3.63) is 36.1 Å². The molecule has 0 bridgehead atoms. The van der Waals surface area contributed by atoms with E-state index in [-0.39, 0.29) is 5.78 Å². The standard InChI is InChI=1S/C15H19NO4/c1-15(2,3)13(18)9-12(17)14(19)16-10-5-7-11(20-4)8-6-10/h5-9,17H,1-4H3,(H,16,19). The predicted octanol–water partition coefficient (Wildman–Crippen LogP) is 2.69. The van der Waals surface area contributed by atoms with Crippen LogP contribution in [0.3, 0.4) is 0 Å². The molecule has 0 aromatic heterocycles. The van der Waals surface area contributed by atoms with Gasteiger partial charge < -0.3 is 15.2 Å². The highest BCUT2D eigenvalue weighted by atomic mass is 16.5. The lowest BCUT2D eigenvalue weighted by Crippen LogP contribution is -2.21. The van der Waals surface area contributed by atoms with Gasteiger partial charge in [-0.25, -0.2) is 0 Å². The molecule has 0 saturated carbocycles. The van der Waals surface area contributed by atoms with Crippen molar-refractivity contribution in [1.82, 2.24) is 0 Å². The third-order valence-corrected chi connectivity index (χ3v) is 2.59. The average molecular weight is 277 g/mol. The lowest BCUT2D eigenvalue weighted by molar-refractivity contribution is -0.122. The maximum Gasteiger partial charge on any atom is 0.290 e. The van der Waals surface area contributed by atoms with Crippen molar-refractivity contribution in [2.24, 2.45) is 5.41 Å². The Morgan fingerprint density at radius 1 is 1.20 bits per heavy atom. The predicted molar refractivity (Wildman–Crippen MR) is 76.8 cm³/mol. The van der Waals surface area contributed by atoms with Crippen molar-refractivity contribution in [2.45, 2.75) is 20.8 Å². The molecule has 2 N–H and O–H groups in total. The Hall–Kier alpha value is -2.30. The van der Waals surface area contributed by atoms with Gasteiger partial charge in [0.15, 0.2) is 11.5 Å². The second-order valence-electron chi connectivity index (χ2n) is 5.33. The first-order chi connectivity index (χ1) is 9.24. The van der Waals surface area contributed by atoms with E-state index in [0.717, 1.165) is 6.08 Å². The van der Waals surface area contributed by atoms with E-state index in [1.807, 2.05) is 0 Å². The average Bonchev–Trinajstić information content (AvgIpc) is 2.38. The Morgan fingerprint density at radius 2 is 1.75 bits per heavy atom. The molecule has 0 radical (unpaired) electrons. The summed E-state index contributed by atoms with van der Waals surface area (Å²) in [6.07, 6.45) is 0.943. The molecule has 1 aromatic carbocycles. The normalized spacial score (nSPS) is 11.9. The van der Waals surface area contributed by atoms with Crippen LogP contribution in [0.25, 0.3) is 0 Å². The zero-order chi connectivity index (χ0) is 15.3. The summed E-state index contributed by atoms with van der Waals surface area (Å²) in [5, 5.41) is 12.1. The summed E-state index contributed by atoms with van der Waals surface area (Å²) in [5.41, 5.74) is -0.145. The number of carbonyl (C=O) groups excluding carboxylic acids is 2. The van der Waals surface area contributed by atoms with Crippen LogP contribution in [-0.2, 0) is 9.59 Å².